The predicted octanol–water partition coefficient (Wildman–Crippen LogP) is 3.92. The van der Waals surface area contributed by atoms with Crippen molar-refractivity contribution in [2.75, 3.05) is 5.32 Å². The monoisotopic (exact) mass is 249 g/mol. The predicted molar refractivity (Wildman–Crippen MR) is 78.0 cm³/mol. The molecule has 0 saturated heterocycles. The van der Waals surface area contributed by atoms with Crippen LogP contribution in [0.3, 0.4) is 0 Å². The summed E-state index contributed by atoms with van der Waals surface area (Å²) in [6.45, 7) is 2.08. The fourth-order valence-corrected chi connectivity index (χ4v) is 1.91. The van der Waals surface area contributed by atoms with Crippen molar-refractivity contribution in [2.24, 2.45) is 0 Å². The maximum atomic E-state index is 4.37. The van der Waals surface area contributed by atoms with Crippen molar-refractivity contribution < 1.29 is 0 Å². The lowest BCUT2D eigenvalue weighted by Gasteiger charge is -2.03. The van der Waals surface area contributed by atoms with Crippen LogP contribution in [0.25, 0.3) is 5.69 Å². The maximum Gasteiger partial charge on any atom is 0.0775 e. The molecule has 94 valence electrons. The van der Waals surface area contributed by atoms with Crippen molar-refractivity contribution >= 4 is 11.4 Å². The lowest BCUT2D eigenvalue weighted by molar-refractivity contribution is 0.880. The molecule has 0 aliphatic heterocycles. The summed E-state index contributed by atoms with van der Waals surface area (Å²) in [5.41, 5.74) is 4.35. The minimum Gasteiger partial charge on any atom is -0.353 e. The summed E-state index contributed by atoms with van der Waals surface area (Å²) in [4.78, 5) is 0. The Morgan fingerprint density at radius 2 is 1.63 bits per heavy atom. The molecule has 19 heavy (non-hydrogen) atoms. The Hall–Kier alpha value is -2.55. The molecule has 0 bridgehead atoms. The molecule has 1 heterocycles. The van der Waals surface area contributed by atoms with Crippen LogP contribution in [0.1, 0.15) is 5.56 Å². The van der Waals surface area contributed by atoms with Gasteiger partial charge in [0.1, 0.15) is 0 Å². The molecular formula is C16H15N3. The van der Waals surface area contributed by atoms with Crippen molar-refractivity contribution in [2.45, 2.75) is 6.92 Å². The van der Waals surface area contributed by atoms with Gasteiger partial charge in [0.2, 0.25) is 0 Å². The lowest BCUT2D eigenvalue weighted by atomic mass is 10.2. The first kappa shape index (κ1) is 11.5. The Kier molecular flexibility index (Phi) is 3.02. The fourth-order valence-electron chi connectivity index (χ4n) is 1.91. The summed E-state index contributed by atoms with van der Waals surface area (Å²) >= 11 is 0. The number of benzene rings is 2. The Balaban J connectivity index is 1.82. The van der Waals surface area contributed by atoms with Gasteiger partial charge in [0.15, 0.2) is 0 Å². The zero-order chi connectivity index (χ0) is 13.1. The number of rotatable bonds is 3. The lowest BCUT2D eigenvalue weighted by Crippen LogP contribution is -1.93. The number of hydrogen-bond acceptors (Lipinski definition) is 2. The maximum absolute atomic E-state index is 4.37. The van der Waals surface area contributed by atoms with E-state index in [9.17, 15) is 0 Å². The second-order valence-corrected chi connectivity index (χ2v) is 4.50. The van der Waals surface area contributed by atoms with E-state index in [2.05, 4.69) is 41.6 Å². The zero-order valence-corrected chi connectivity index (χ0v) is 10.7. The van der Waals surface area contributed by atoms with Crippen LogP contribution in [0.2, 0.25) is 0 Å². The first-order valence-electron chi connectivity index (χ1n) is 6.25. The largest absolute Gasteiger partial charge is 0.353 e. The highest BCUT2D eigenvalue weighted by Crippen LogP contribution is 2.17. The van der Waals surface area contributed by atoms with Gasteiger partial charge in [-0.15, -0.1) is 0 Å². The molecule has 0 radical (unpaired) electrons. The molecule has 0 unspecified atom stereocenters. The zero-order valence-electron chi connectivity index (χ0n) is 10.7. The third kappa shape index (κ3) is 2.65. The minimum absolute atomic E-state index is 0.978. The van der Waals surface area contributed by atoms with Gasteiger partial charge in [-0.2, -0.15) is 5.10 Å². The first-order valence-corrected chi connectivity index (χ1v) is 6.25. The van der Waals surface area contributed by atoms with Crippen molar-refractivity contribution in [3.8, 4) is 5.69 Å². The Morgan fingerprint density at radius 1 is 0.895 bits per heavy atom. The van der Waals surface area contributed by atoms with Gasteiger partial charge in [-0.25, -0.2) is 4.68 Å². The van der Waals surface area contributed by atoms with E-state index in [1.807, 2.05) is 47.4 Å². The molecular weight excluding hydrogens is 234 g/mol. The van der Waals surface area contributed by atoms with Crippen molar-refractivity contribution in [1.29, 1.82) is 0 Å². The molecule has 1 aromatic heterocycles. The molecule has 0 aliphatic carbocycles. The van der Waals surface area contributed by atoms with Crippen LogP contribution in [0.15, 0.2) is 67.0 Å². The molecule has 0 aliphatic rings. The smallest absolute Gasteiger partial charge is 0.0775 e. The molecule has 0 spiro atoms. The minimum atomic E-state index is 0.978. The highest BCUT2D eigenvalue weighted by molar-refractivity contribution is 5.58. The summed E-state index contributed by atoms with van der Waals surface area (Å²) in [6.07, 6.45) is 3.81. The Labute approximate surface area is 112 Å². The van der Waals surface area contributed by atoms with Crippen LogP contribution in [0.5, 0.6) is 0 Å². The fraction of sp³-hybridized carbons (Fsp3) is 0.0625. The van der Waals surface area contributed by atoms with Gasteiger partial charge < -0.3 is 5.32 Å². The van der Waals surface area contributed by atoms with E-state index in [0.717, 1.165) is 17.1 Å². The molecule has 0 fully saturated rings. The summed E-state index contributed by atoms with van der Waals surface area (Å²) in [5, 5.41) is 7.69. The van der Waals surface area contributed by atoms with Crippen LogP contribution in [0, 0.1) is 6.92 Å². The van der Waals surface area contributed by atoms with E-state index in [1.54, 1.807) is 0 Å². The number of nitrogens with zero attached hydrogens (tertiary/aromatic N) is 2. The second-order valence-electron chi connectivity index (χ2n) is 4.50. The standard InChI is InChI=1S/C16H15N3/c1-13-7-9-16(10-8-13)19-12-15(11-17-19)18-14-5-3-2-4-6-14/h2-12,18H,1H3. The number of hydrogen-bond donors (Lipinski definition) is 1. The van der Waals surface area contributed by atoms with Gasteiger partial charge in [-0.05, 0) is 31.2 Å². The molecule has 3 nitrogen and oxygen atoms in total. The first-order chi connectivity index (χ1) is 9.31. The van der Waals surface area contributed by atoms with Gasteiger partial charge in [0, 0.05) is 5.69 Å². The third-order valence-electron chi connectivity index (χ3n) is 2.94. The number of anilines is 2. The molecule has 0 saturated carbocycles. The van der Waals surface area contributed by atoms with Gasteiger partial charge in [-0.3, -0.25) is 0 Å². The number of nitrogens with one attached hydrogen (secondary N) is 1. The van der Waals surface area contributed by atoms with Gasteiger partial charge >= 0.3 is 0 Å². The molecule has 3 aromatic rings. The quantitative estimate of drug-likeness (QED) is 0.762. The molecule has 0 atom stereocenters. The molecule has 1 N–H and O–H groups in total. The van der Waals surface area contributed by atoms with Crippen LogP contribution >= 0.6 is 0 Å². The number of aryl methyl sites for hydroxylation is 1. The Morgan fingerprint density at radius 3 is 2.37 bits per heavy atom. The van der Waals surface area contributed by atoms with Crippen LogP contribution in [-0.2, 0) is 0 Å². The van der Waals surface area contributed by atoms with E-state index in [-0.39, 0.29) is 0 Å². The summed E-state index contributed by atoms with van der Waals surface area (Å²) in [7, 11) is 0. The van der Waals surface area contributed by atoms with E-state index < -0.39 is 0 Å². The molecule has 2 aromatic carbocycles. The normalized spacial score (nSPS) is 10.4. The highest BCUT2D eigenvalue weighted by Gasteiger charge is 2.00. The second kappa shape index (κ2) is 4.98. The van der Waals surface area contributed by atoms with Gasteiger partial charge in [0.05, 0.1) is 23.8 Å². The van der Waals surface area contributed by atoms with E-state index >= 15 is 0 Å². The summed E-state index contributed by atoms with van der Waals surface area (Å²) in [5.74, 6) is 0. The van der Waals surface area contributed by atoms with Crippen LogP contribution in [-0.4, -0.2) is 9.78 Å². The topological polar surface area (TPSA) is 29.9 Å². The number of para-hydroxylation sites is 1. The molecule has 0 amide bonds. The van der Waals surface area contributed by atoms with Crippen molar-refractivity contribution in [3.63, 3.8) is 0 Å². The van der Waals surface area contributed by atoms with E-state index in [4.69, 9.17) is 0 Å². The van der Waals surface area contributed by atoms with Crippen LogP contribution in [0.4, 0.5) is 11.4 Å². The average Bonchev–Trinajstić information content (AvgIpc) is 2.89. The third-order valence-corrected chi connectivity index (χ3v) is 2.94. The van der Waals surface area contributed by atoms with Crippen LogP contribution < -0.4 is 5.32 Å². The molecule has 3 rings (SSSR count). The highest BCUT2D eigenvalue weighted by atomic mass is 15.3. The SMILES string of the molecule is Cc1ccc(-n2cc(Nc3ccccc3)cn2)cc1. The number of aromatic nitrogens is 2. The van der Waals surface area contributed by atoms with E-state index in [1.165, 1.54) is 5.56 Å². The summed E-state index contributed by atoms with van der Waals surface area (Å²) < 4.78 is 1.87. The van der Waals surface area contributed by atoms with Crippen molar-refractivity contribution in [3.05, 3.63) is 72.6 Å². The summed E-state index contributed by atoms with van der Waals surface area (Å²) in [6, 6.07) is 18.4. The van der Waals surface area contributed by atoms with Gasteiger partial charge in [-0.1, -0.05) is 35.9 Å². The Bertz CT molecular complexity index is 654. The molecule has 3 heteroatoms. The van der Waals surface area contributed by atoms with Crippen molar-refractivity contribution in [1.82, 2.24) is 9.78 Å². The van der Waals surface area contributed by atoms with E-state index in [0.29, 0.717) is 0 Å². The van der Waals surface area contributed by atoms with Gasteiger partial charge in [0.25, 0.3) is 0 Å². The average molecular weight is 249 g/mol.